The van der Waals surface area contributed by atoms with Crippen LogP contribution in [0.2, 0.25) is 0 Å². The number of anilines is 1. The zero-order valence-corrected chi connectivity index (χ0v) is 13.2. The summed E-state index contributed by atoms with van der Waals surface area (Å²) in [6.45, 7) is 4.47. The Morgan fingerprint density at radius 1 is 1.14 bits per heavy atom. The summed E-state index contributed by atoms with van der Waals surface area (Å²) in [5.74, 6) is 1.40. The van der Waals surface area contributed by atoms with Gasteiger partial charge in [0.05, 0.1) is 25.8 Å². The fraction of sp³-hybridized carbons (Fsp3) is 0.278. The van der Waals surface area contributed by atoms with Gasteiger partial charge in [-0.25, -0.2) is 0 Å². The zero-order valence-electron chi connectivity index (χ0n) is 13.2. The Kier molecular flexibility index (Phi) is 5.42. The van der Waals surface area contributed by atoms with Crippen molar-refractivity contribution in [3.63, 3.8) is 0 Å². The van der Waals surface area contributed by atoms with E-state index in [0.717, 1.165) is 16.9 Å². The highest BCUT2D eigenvalue weighted by atomic mass is 16.5. The summed E-state index contributed by atoms with van der Waals surface area (Å²) < 4.78 is 10.7. The zero-order chi connectivity index (χ0) is 15.9. The van der Waals surface area contributed by atoms with Gasteiger partial charge in [0.15, 0.2) is 0 Å². The Labute approximate surface area is 131 Å². The molecule has 0 radical (unpaired) electrons. The van der Waals surface area contributed by atoms with Gasteiger partial charge in [-0.3, -0.25) is 4.79 Å². The average Bonchev–Trinajstić information content (AvgIpc) is 2.51. The van der Waals surface area contributed by atoms with Crippen LogP contribution >= 0.6 is 0 Å². The summed E-state index contributed by atoms with van der Waals surface area (Å²) in [5.41, 5.74) is 2.73. The summed E-state index contributed by atoms with van der Waals surface area (Å²) in [6.07, 6.45) is 0.309. The van der Waals surface area contributed by atoms with Gasteiger partial charge in [0.25, 0.3) is 0 Å². The summed E-state index contributed by atoms with van der Waals surface area (Å²) in [7, 11) is 1.62. The lowest BCUT2D eigenvalue weighted by Crippen LogP contribution is -2.15. The van der Waals surface area contributed by atoms with Crippen molar-refractivity contribution in [2.75, 3.05) is 19.0 Å². The van der Waals surface area contributed by atoms with Crippen LogP contribution in [0.25, 0.3) is 0 Å². The number of aryl methyl sites for hydroxylation is 1. The van der Waals surface area contributed by atoms with Gasteiger partial charge < -0.3 is 14.8 Å². The maximum atomic E-state index is 12.2. The molecule has 2 rings (SSSR count). The lowest BCUT2D eigenvalue weighted by Gasteiger charge is -2.12. The summed E-state index contributed by atoms with van der Waals surface area (Å²) >= 11 is 0. The number of carbonyl (C=O) groups excluding carboxylic acids is 1. The highest BCUT2D eigenvalue weighted by Crippen LogP contribution is 2.26. The molecule has 0 saturated heterocycles. The fourth-order valence-electron chi connectivity index (χ4n) is 2.13. The SMILES string of the molecule is CCOc1cc(C)ccc1NC(=O)Cc1ccc(OC)cc1. The molecule has 116 valence electrons. The van der Waals surface area contributed by atoms with Crippen molar-refractivity contribution in [2.24, 2.45) is 0 Å². The van der Waals surface area contributed by atoms with E-state index in [-0.39, 0.29) is 5.91 Å². The quantitative estimate of drug-likeness (QED) is 0.887. The first-order valence-corrected chi connectivity index (χ1v) is 7.28. The third kappa shape index (κ3) is 4.25. The highest BCUT2D eigenvalue weighted by Gasteiger charge is 2.09. The van der Waals surface area contributed by atoms with Crippen LogP contribution in [0.5, 0.6) is 11.5 Å². The number of hydrogen-bond donors (Lipinski definition) is 1. The molecule has 0 fully saturated rings. The Hall–Kier alpha value is -2.49. The van der Waals surface area contributed by atoms with E-state index in [0.29, 0.717) is 24.5 Å². The number of carbonyl (C=O) groups is 1. The van der Waals surface area contributed by atoms with Crippen LogP contribution in [-0.2, 0) is 11.2 Å². The minimum Gasteiger partial charge on any atom is -0.497 e. The monoisotopic (exact) mass is 299 g/mol. The number of hydrogen-bond acceptors (Lipinski definition) is 3. The normalized spacial score (nSPS) is 10.1. The molecule has 0 saturated carbocycles. The molecular weight excluding hydrogens is 278 g/mol. The average molecular weight is 299 g/mol. The van der Waals surface area contributed by atoms with Gasteiger partial charge >= 0.3 is 0 Å². The summed E-state index contributed by atoms with van der Waals surface area (Å²) in [6, 6.07) is 13.2. The van der Waals surface area contributed by atoms with Crippen LogP contribution in [0.1, 0.15) is 18.1 Å². The third-order valence-electron chi connectivity index (χ3n) is 3.23. The molecule has 0 aromatic heterocycles. The predicted molar refractivity (Wildman–Crippen MR) is 87.7 cm³/mol. The fourth-order valence-corrected chi connectivity index (χ4v) is 2.13. The van der Waals surface area contributed by atoms with Gasteiger partial charge in [0.2, 0.25) is 5.91 Å². The number of amides is 1. The molecule has 0 heterocycles. The van der Waals surface area contributed by atoms with Crippen LogP contribution in [0.4, 0.5) is 5.69 Å². The molecule has 4 heteroatoms. The van der Waals surface area contributed by atoms with Gasteiger partial charge in [0, 0.05) is 0 Å². The van der Waals surface area contributed by atoms with Crippen LogP contribution in [0.3, 0.4) is 0 Å². The standard InChI is InChI=1S/C18H21NO3/c1-4-22-17-11-13(2)5-10-16(17)19-18(20)12-14-6-8-15(21-3)9-7-14/h5-11H,4,12H2,1-3H3,(H,19,20). The summed E-state index contributed by atoms with van der Waals surface area (Å²) in [4.78, 5) is 12.2. The van der Waals surface area contributed by atoms with Gasteiger partial charge in [-0.2, -0.15) is 0 Å². The first-order chi connectivity index (χ1) is 10.6. The van der Waals surface area contributed by atoms with Crippen molar-refractivity contribution >= 4 is 11.6 Å². The number of benzene rings is 2. The van der Waals surface area contributed by atoms with Crippen LogP contribution < -0.4 is 14.8 Å². The molecule has 0 aliphatic carbocycles. The van der Waals surface area contributed by atoms with Gasteiger partial charge in [-0.15, -0.1) is 0 Å². The minimum atomic E-state index is -0.0741. The van der Waals surface area contributed by atoms with Crippen molar-refractivity contribution in [1.29, 1.82) is 0 Å². The second-order valence-electron chi connectivity index (χ2n) is 5.01. The largest absolute Gasteiger partial charge is 0.497 e. The molecule has 22 heavy (non-hydrogen) atoms. The summed E-state index contributed by atoms with van der Waals surface area (Å²) in [5, 5.41) is 2.90. The van der Waals surface area contributed by atoms with Crippen molar-refractivity contribution in [3.05, 3.63) is 53.6 Å². The number of methoxy groups -OCH3 is 1. The molecular formula is C18H21NO3. The molecule has 0 aliphatic rings. The van der Waals surface area contributed by atoms with Gasteiger partial charge in [0.1, 0.15) is 11.5 Å². The first-order valence-electron chi connectivity index (χ1n) is 7.28. The molecule has 0 aliphatic heterocycles. The molecule has 1 N–H and O–H groups in total. The molecule has 4 nitrogen and oxygen atoms in total. The van der Waals surface area contributed by atoms with Crippen molar-refractivity contribution in [3.8, 4) is 11.5 Å². The van der Waals surface area contributed by atoms with Crippen molar-refractivity contribution in [2.45, 2.75) is 20.3 Å². The maximum absolute atomic E-state index is 12.2. The smallest absolute Gasteiger partial charge is 0.228 e. The van der Waals surface area contributed by atoms with Crippen LogP contribution in [-0.4, -0.2) is 19.6 Å². The van der Waals surface area contributed by atoms with E-state index >= 15 is 0 Å². The van der Waals surface area contributed by atoms with Crippen LogP contribution in [0.15, 0.2) is 42.5 Å². The van der Waals surface area contributed by atoms with Gasteiger partial charge in [-0.05, 0) is 49.2 Å². The third-order valence-corrected chi connectivity index (χ3v) is 3.23. The lowest BCUT2D eigenvalue weighted by atomic mass is 10.1. The van der Waals surface area contributed by atoms with E-state index in [9.17, 15) is 4.79 Å². The van der Waals surface area contributed by atoms with E-state index in [1.807, 2.05) is 56.3 Å². The molecule has 2 aromatic rings. The molecule has 0 spiro atoms. The van der Waals surface area contributed by atoms with Crippen molar-refractivity contribution < 1.29 is 14.3 Å². The van der Waals surface area contributed by atoms with E-state index in [4.69, 9.17) is 9.47 Å². The topological polar surface area (TPSA) is 47.6 Å². The second-order valence-corrected chi connectivity index (χ2v) is 5.01. The molecule has 0 unspecified atom stereocenters. The second kappa shape index (κ2) is 7.50. The molecule has 1 amide bonds. The molecule has 2 aromatic carbocycles. The van der Waals surface area contributed by atoms with Crippen LogP contribution in [0, 0.1) is 6.92 Å². The van der Waals surface area contributed by atoms with E-state index in [1.54, 1.807) is 7.11 Å². The lowest BCUT2D eigenvalue weighted by molar-refractivity contribution is -0.115. The van der Waals surface area contributed by atoms with E-state index < -0.39 is 0 Å². The van der Waals surface area contributed by atoms with Gasteiger partial charge in [-0.1, -0.05) is 18.2 Å². The number of ether oxygens (including phenoxy) is 2. The molecule has 0 bridgehead atoms. The number of nitrogens with one attached hydrogen (secondary N) is 1. The Balaban J connectivity index is 2.04. The Bertz CT molecular complexity index is 635. The first kappa shape index (κ1) is 15.9. The van der Waals surface area contributed by atoms with E-state index in [2.05, 4.69) is 5.32 Å². The Morgan fingerprint density at radius 3 is 2.50 bits per heavy atom. The predicted octanol–water partition coefficient (Wildman–Crippen LogP) is 3.58. The highest BCUT2D eigenvalue weighted by molar-refractivity contribution is 5.93. The van der Waals surface area contributed by atoms with E-state index in [1.165, 1.54) is 0 Å². The Morgan fingerprint density at radius 2 is 1.86 bits per heavy atom. The van der Waals surface area contributed by atoms with Crippen molar-refractivity contribution in [1.82, 2.24) is 0 Å². The maximum Gasteiger partial charge on any atom is 0.228 e. The molecule has 0 atom stereocenters. The minimum absolute atomic E-state index is 0.0741. The number of rotatable bonds is 6.